The summed E-state index contributed by atoms with van der Waals surface area (Å²) in [5.74, 6) is 0.984. The highest BCUT2D eigenvalue weighted by molar-refractivity contribution is 9.10. The number of benzene rings is 2. The zero-order valence-electron chi connectivity index (χ0n) is 17.6. The van der Waals surface area contributed by atoms with E-state index in [0.29, 0.717) is 6.54 Å². The van der Waals surface area contributed by atoms with Gasteiger partial charge in [0, 0.05) is 42.5 Å². The molecule has 1 saturated heterocycles. The first-order chi connectivity index (χ1) is 15.2. The van der Waals surface area contributed by atoms with Crippen molar-refractivity contribution in [2.75, 3.05) is 36.0 Å². The van der Waals surface area contributed by atoms with Crippen molar-refractivity contribution in [1.82, 2.24) is 19.7 Å². The van der Waals surface area contributed by atoms with Gasteiger partial charge in [-0.15, -0.1) is 0 Å². The van der Waals surface area contributed by atoms with E-state index in [9.17, 15) is 0 Å². The van der Waals surface area contributed by atoms with Crippen LogP contribution in [0.1, 0.15) is 17.5 Å². The number of hydrogen-bond donors (Lipinski definition) is 0. The van der Waals surface area contributed by atoms with Gasteiger partial charge in [-0.2, -0.15) is 5.10 Å². The third-order valence-electron chi connectivity index (χ3n) is 5.80. The van der Waals surface area contributed by atoms with Crippen LogP contribution >= 0.6 is 15.9 Å². The second kappa shape index (κ2) is 8.67. The number of rotatable bonds is 4. The summed E-state index contributed by atoms with van der Waals surface area (Å²) >= 11 is 3.49. The van der Waals surface area contributed by atoms with Crippen molar-refractivity contribution in [3.05, 3.63) is 76.7 Å². The molecule has 0 unspecified atom stereocenters. The molecule has 0 bridgehead atoms. The van der Waals surface area contributed by atoms with Gasteiger partial charge >= 0.3 is 0 Å². The normalized spacial score (nSPS) is 14.8. The zero-order chi connectivity index (χ0) is 21.2. The molecule has 4 aromatic rings. The summed E-state index contributed by atoms with van der Waals surface area (Å²) in [5.41, 5.74) is 4.54. The number of halogens is 1. The second-order valence-electron chi connectivity index (χ2n) is 8.05. The summed E-state index contributed by atoms with van der Waals surface area (Å²) in [4.78, 5) is 13.9. The predicted octanol–water partition coefficient (Wildman–Crippen LogP) is 4.66. The van der Waals surface area contributed by atoms with Crippen molar-refractivity contribution in [3.63, 3.8) is 0 Å². The van der Waals surface area contributed by atoms with E-state index in [-0.39, 0.29) is 0 Å². The first-order valence-electron chi connectivity index (χ1n) is 10.6. The fraction of sp³-hybridized carbons (Fsp3) is 0.292. The Labute approximate surface area is 190 Å². The molecule has 6 nitrogen and oxygen atoms in total. The monoisotopic (exact) mass is 476 g/mol. The van der Waals surface area contributed by atoms with Gasteiger partial charge in [-0.3, -0.25) is 4.68 Å². The van der Waals surface area contributed by atoms with Gasteiger partial charge in [0.2, 0.25) is 0 Å². The molecule has 2 aromatic carbocycles. The van der Waals surface area contributed by atoms with Crippen molar-refractivity contribution in [3.8, 4) is 0 Å². The number of fused-ring (bicyclic) bond motifs is 1. The quantitative estimate of drug-likeness (QED) is 0.428. The summed E-state index contributed by atoms with van der Waals surface area (Å²) < 4.78 is 3.04. The number of aryl methyl sites for hydroxylation is 1. The molecule has 1 aliphatic rings. The van der Waals surface area contributed by atoms with Gasteiger partial charge in [-0.05, 0) is 43.2 Å². The molecular formula is C24H25BrN6. The van der Waals surface area contributed by atoms with E-state index in [1.54, 1.807) is 6.33 Å². The van der Waals surface area contributed by atoms with E-state index >= 15 is 0 Å². The number of anilines is 2. The molecule has 1 aliphatic heterocycles. The topological polar surface area (TPSA) is 50.1 Å². The third-order valence-corrected chi connectivity index (χ3v) is 6.32. The fourth-order valence-corrected chi connectivity index (χ4v) is 4.39. The minimum absolute atomic E-state index is 0.713. The molecule has 0 atom stereocenters. The number of hydrogen-bond acceptors (Lipinski definition) is 5. The average Bonchev–Trinajstić information content (AvgIpc) is 3.03. The Morgan fingerprint density at radius 1 is 0.871 bits per heavy atom. The Morgan fingerprint density at radius 2 is 1.61 bits per heavy atom. The summed E-state index contributed by atoms with van der Waals surface area (Å²) in [6.07, 6.45) is 4.80. The van der Waals surface area contributed by atoms with Crippen LogP contribution in [-0.2, 0) is 6.54 Å². The molecule has 0 radical (unpaired) electrons. The molecule has 0 spiro atoms. The largest absolute Gasteiger partial charge is 0.370 e. The van der Waals surface area contributed by atoms with E-state index in [2.05, 4.69) is 97.3 Å². The summed E-state index contributed by atoms with van der Waals surface area (Å²) in [6, 6.07) is 17.1. The van der Waals surface area contributed by atoms with E-state index in [0.717, 1.165) is 53.9 Å². The highest BCUT2D eigenvalue weighted by Gasteiger charge is 2.19. The Morgan fingerprint density at radius 3 is 2.42 bits per heavy atom. The lowest BCUT2D eigenvalue weighted by molar-refractivity contribution is 0.693. The van der Waals surface area contributed by atoms with Crippen molar-refractivity contribution in [1.29, 1.82) is 0 Å². The maximum atomic E-state index is 4.70. The van der Waals surface area contributed by atoms with Crippen LogP contribution in [0, 0.1) is 6.92 Å². The molecule has 7 heteroatoms. The Hall–Kier alpha value is -2.93. The Balaban J connectivity index is 1.36. The number of nitrogens with zero attached hydrogens (tertiary/aromatic N) is 6. The summed E-state index contributed by atoms with van der Waals surface area (Å²) in [5, 5.41) is 5.71. The highest BCUT2D eigenvalue weighted by Crippen LogP contribution is 2.25. The minimum Gasteiger partial charge on any atom is -0.370 e. The molecule has 31 heavy (non-hydrogen) atoms. The van der Waals surface area contributed by atoms with Crippen LogP contribution < -0.4 is 9.80 Å². The molecule has 0 N–H and O–H groups in total. The first kappa shape index (κ1) is 20.0. The van der Waals surface area contributed by atoms with Crippen molar-refractivity contribution < 1.29 is 0 Å². The van der Waals surface area contributed by atoms with Crippen LogP contribution in [0.2, 0.25) is 0 Å². The predicted molar refractivity (Wildman–Crippen MR) is 129 cm³/mol. The SMILES string of the molecule is Cc1ccc(N2CCCN(c3ncnc4nn(Cc5ccc(Br)cc5)cc34)CC2)cc1. The second-order valence-corrected chi connectivity index (χ2v) is 8.97. The van der Waals surface area contributed by atoms with Crippen LogP contribution in [0.5, 0.6) is 0 Å². The Kier molecular flexibility index (Phi) is 5.59. The van der Waals surface area contributed by atoms with Gasteiger partial charge in [0.25, 0.3) is 0 Å². The molecule has 2 aromatic heterocycles. The maximum absolute atomic E-state index is 4.70. The zero-order valence-corrected chi connectivity index (χ0v) is 19.2. The molecule has 1 fully saturated rings. The molecule has 158 valence electrons. The van der Waals surface area contributed by atoms with Crippen LogP contribution in [0.4, 0.5) is 11.5 Å². The van der Waals surface area contributed by atoms with Crippen LogP contribution in [0.3, 0.4) is 0 Å². The molecule has 5 rings (SSSR count). The van der Waals surface area contributed by atoms with Gasteiger partial charge in [-0.25, -0.2) is 9.97 Å². The molecule has 3 heterocycles. The van der Waals surface area contributed by atoms with E-state index in [4.69, 9.17) is 5.10 Å². The molecule has 0 aliphatic carbocycles. The third kappa shape index (κ3) is 4.42. The van der Waals surface area contributed by atoms with Crippen LogP contribution in [0.15, 0.2) is 65.5 Å². The average molecular weight is 477 g/mol. The van der Waals surface area contributed by atoms with E-state index in [1.807, 2.05) is 4.68 Å². The first-order valence-corrected chi connectivity index (χ1v) is 11.4. The van der Waals surface area contributed by atoms with E-state index in [1.165, 1.54) is 16.8 Å². The highest BCUT2D eigenvalue weighted by atomic mass is 79.9. The molecule has 0 amide bonds. The van der Waals surface area contributed by atoms with Crippen LogP contribution in [-0.4, -0.2) is 45.9 Å². The van der Waals surface area contributed by atoms with E-state index < -0.39 is 0 Å². The van der Waals surface area contributed by atoms with Gasteiger partial charge < -0.3 is 9.80 Å². The molecule has 0 saturated carbocycles. The summed E-state index contributed by atoms with van der Waals surface area (Å²) in [6.45, 7) is 6.78. The van der Waals surface area contributed by atoms with Gasteiger partial charge in [-0.1, -0.05) is 45.8 Å². The lowest BCUT2D eigenvalue weighted by Crippen LogP contribution is -2.31. The van der Waals surface area contributed by atoms with Gasteiger partial charge in [0.1, 0.15) is 12.1 Å². The fourth-order valence-electron chi connectivity index (χ4n) is 4.12. The number of aromatic nitrogens is 4. The van der Waals surface area contributed by atoms with Crippen molar-refractivity contribution in [2.45, 2.75) is 19.9 Å². The van der Waals surface area contributed by atoms with Gasteiger partial charge in [0.15, 0.2) is 5.65 Å². The lowest BCUT2D eigenvalue weighted by atomic mass is 10.2. The standard InChI is InChI=1S/C24H25BrN6/c1-18-3-9-21(10-4-18)29-11-2-12-30(14-13-29)24-22-16-31(28-23(22)26-17-27-24)15-19-5-7-20(25)8-6-19/h3-10,16-17H,2,11-15H2,1H3. The lowest BCUT2D eigenvalue weighted by Gasteiger charge is -2.24. The molecular weight excluding hydrogens is 452 g/mol. The smallest absolute Gasteiger partial charge is 0.186 e. The van der Waals surface area contributed by atoms with Crippen LogP contribution in [0.25, 0.3) is 11.0 Å². The summed E-state index contributed by atoms with van der Waals surface area (Å²) in [7, 11) is 0. The minimum atomic E-state index is 0.713. The Bertz CT molecular complexity index is 1170. The maximum Gasteiger partial charge on any atom is 0.186 e. The van der Waals surface area contributed by atoms with Gasteiger partial charge in [0.05, 0.1) is 11.9 Å². The van der Waals surface area contributed by atoms with Crippen molar-refractivity contribution >= 4 is 38.5 Å². The van der Waals surface area contributed by atoms with Crippen molar-refractivity contribution in [2.24, 2.45) is 0 Å².